The third kappa shape index (κ3) is 4.01. The van der Waals surface area contributed by atoms with E-state index in [1.165, 1.54) is 18.2 Å². The van der Waals surface area contributed by atoms with Gasteiger partial charge in [0.25, 0.3) is 5.91 Å². The molecule has 0 fully saturated rings. The summed E-state index contributed by atoms with van der Waals surface area (Å²) in [7, 11) is 0. The van der Waals surface area contributed by atoms with Gasteiger partial charge in [-0.3, -0.25) is 10.1 Å². The first-order chi connectivity index (χ1) is 9.54. The Morgan fingerprint density at radius 2 is 1.90 bits per heavy atom. The molecule has 0 radical (unpaired) electrons. The molecule has 0 unspecified atom stereocenters. The molecule has 20 heavy (non-hydrogen) atoms. The average Bonchev–Trinajstić information content (AvgIpc) is 2.38. The number of hydrogen-bond acceptors (Lipinski definition) is 2. The lowest BCUT2D eigenvalue weighted by Gasteiger charge is -2.09. The smallest absolute Gasteiger partial charge is 0.257 e. The van der Waals surface area contributed by atoms with Crippen LogP contribution >= 0.6 is 23.8 Å². The van der Waals surface area contributed by atoms with Crippen LogP contribution in [-0.4, -0.2) is 11.0 Å². The van der Waals surface area contributed by atoms with Crippen molar-refractivity contribution in [2.45, 2.75) is 0 Å². The Morgan fingerprint density at radius 3 is 2.60 bits per heavy atom. The summed E-state index contributed by atoms with van der Waals surface area (Å²) in [5.74, 6) is -0.963. The molecule has 0 aliphatic heterocycles. The summed E-state index contributed by atoms with van der Waals surface area (Å²) in [5, 5.41) is 5.95. The number of nitrogens with one attached hydrogen (secondary N) is 2. The predicted octanol–water partition coefficient (Wildman–Crippen LogP) is 3.61. The number of carbonyl (C=O) groups excluding carboxylic acids is 1. The zero-order valence-electron chi connectivity index (χ0n) is 10.2. The van der Waals surface area contributed by atoms with Gasteiger partial charge in [-0.25, -0.2) is 4.39 Å². The molecule has 0 saturated heterocycles. The second-order valence-electron chi connectivity index (χ2n) is 3.93. The van der Waals surface area contributed by atoms with E-state index in [1.54, 1.807) is 24.3 Å². The molecule has 102 valence electrons. The van der Waals surface area contributed by atoms with E-state index < -0.39 is 11.7 Å². The van der Waals surface area contributed by atoms with Crippen LogP contribution in [-0.2, 0) is 0 Å². The van der Waals surface area contributed by atoms with Gasteiger partial charge in [0.1, 0.15) is 5.82 Å². The summed E-state index contributed by atoms with van der Waals surface area (Å²) in [6, 6.07) is 12.3. The van der Waals surface area contributed by atoms with Crippen LogP contribution in [0.2, 0.25) is 5.02 Å². The maximum Gasteiger partial charge on any atom is 0.257 e. The highest BCUT2D eigenvalue weighted by atomic mass is 35.5. The van der Waals surface area contributed by atoms with Gasteiger partial charge in [-0.15, -0.1) is 0 Å². The Labute approximate surface area is 125 Å². The molecule has 1 amide bonds. The highest BCUT2D eigenvalue weighted by molar-refractivity contribution is 7.80. The van der Waals surface area contributed by atoms with E-state index >= 15 is 0 Å². The summed E-state index contributed by atoms with van der Waals surface area (Å²) >= 11 is 10.8. The van der Waals surface area contributed by atoms with E-state index in [-0.39, 0.29) is 10.7 Å². The zero-order valence-corrected chi connectivity index (χ0v) is 11.8. The van der Waals surface area contributed by atoms with E-state index in [0.717, 1.165) is 6.07 Å². The highest BCUT2D eigenvalue weighted by Gasteiger charge is 2.08. The number of anilines is 1. The maximum atomic E-state index is 13.0. The number of thiocarbonyl (C=S) groups is 1. The number of hydrogen-bond donors (Lipinski definition) is 2. The molecule has 2 aromatic carbocycles. The van der Waals surface area contributed by atoms with Gasteiger partial charge >= 0.3 is 0 Å². The van der Waals surface area contributed by atoms with Crippen molar-refractivity contribution in [3.05, 3.63) is 64.9 Å². The molecule has 0 aromatic heterocycles. The predicted molar refractivity (Wildman–Crippen MR) is 81.5 cm³/mol. The summed E-state index contributed by atoms with van der Waals surface area (Å²) in [4.78, 5) is 11.8. The number of halogens is 2. The fourth-order valence-corrected chi connectivity index (χ4v) is 1.93. The van der Waals surface area contributed by atoms with Gasteiger partial charge in [-0.2, -0.15) is 0 Å². The lowest BCUT2D eigenvalue weighted by atomic mass is 10.2. The minimum Gasteiger partial charge on any atom is -0.332 e. The van der Waals surface area contributed by atoms with E-state index in [9.17, 15) is 9.18 Å². The lowest BCUT2D eigenvalue weighted by molar-refractivity contribution is 0.0977. The molecule has 3 nitrogen and oxygen atoms in total. The molecule has 0 aliphatic rings. The van der Waals surface area contributed by atoms with Crippen molar-refractivity contribution in [2.75, 3.05) is 5.32 Å². The largest absolute Gasteiger partial charge is 0.332 e. The van der Waals surface area contributed by atoms with Crippen LogP contribution in [0.3, 0.4) is 0 Å². The van der Waals surface area contributed by atoms with Gasteiger partial charge < -0.3 is 5.32 Å². The van der Waals surface area contributed by atoms with E-state index in [2.05, 4.69) is 10.6 Å². The second-order valence-corrected chi connectivity index (χ2v) is 4.77. The topological polar surface area (TPSA) is 41.1 Å². The number of benzene rings is 2. The van der Waals surface area contributed by atoms with Gasteiger partial charge in [0.15, 0.2) is 5.11 Å². The molecule has 0 heterocycles. The lowest BCUT2D eigenvalue weighted by Crippen LogP contribution is -2.34. The van der Waals surface area contributed by atoms with E-state index in [1.807, 2.05) is 0 Å². The van der Waals surface area contributed by atoms with Crippen LogP contribution in [0.25, 0.3) is 0 Å². The van der Waals surface area contributed by atoms with Crippen LogP contribution in [0, 0.1) is 5.82 Å². The molecular formula is C14H10ClFN2OS. The Balaban J connectivity index is 1.99. The molecule has 0 spiro atoms. The van der Waals surface area contributed by atoms with Crippen molar-refractivity contribution < 1.29 is 9.18 Å². The van der Waals surface area contributed by atoms with Gasteiger partial charge in [-0.1, -0.05) is 23.7 Å². The molecule has 6 heteroatoms. The minimum absolute atomic E-state index is 0.113. The fraction of sp³-hybridized carbons (Fsp3) is 0. The Hall–Kier alpha value is -1.98. The number of amides is 1. The number of rotatable bonds is 2. The molecule has 0 saturated carbocycles. The summed E-state index contributed by atoms with van der Waals surface area (Å²) in [5.41, 5.74) is 0.849. The van der Waals surface area contributed by atoms with Gasteiger partial charge in [0.2, 0.25) is 0 Å². The quantitative estimate of drug-likeness (QED) is 0.833. The van der Waals surface area contributed by atoms with E-state index in [0.29, 0.717) is 10.7 Å². The van der Waals surface area contributed by atoms with Gasteiger partial charge in [0, 0.05) is 16.3 Å². The fourth-order valence-electron chi connectivity index (χ4n) is 1.53. The zero-order chi connectivity index (χ0) is 14.5. The summed E-state index contributed by atoms with van der Waals surface area (Å²) < 4.78 is 13.0. The van der Waals surface area contributed by atoms with E-state index in [4.69, 9.17) is 23.8 Å². The van der Waals surface area contributed by atoms with Crippen molar-refractivity contribution in [2.24, 2.45) is 0 Å². The van der Waals surface area contributed by atoms with Crippen LogP contribution in [0.5, 0.6) is 0 Å². The molecule has 2 rings (SSSR count). The maximum absolute atomic E-state index is 13.0. The summed E-state index contributed by atoms with van der Waals surface area (Å²) in [6.07, 6.45) is 0. The first kappa shape index (κ1) is 14.4. The third-order valence-corrected chi connectivity index (χ3v) is 2.84. The van der Waals surface area contributed by atoms with Gasteiger partial charge in [0.05, 0.1) is 0 Å². The Morgan fingerprint density at radius 1 is 1.15 bits per heavy atom. The van der Waals surface area contributed by atoms with Crippen molar-refractivity contribution in [3.8, 4) is 0 Å². The highest BCUT2D eigenvalue weighted by Crippen LogP contribution is 2.14. The van der Waals surface area contributed by atoms with Crippen LogP contribution in [0.15, 0.2) is 48.5 Å². The molecule has 2 aromatic rings. The monoisotopic (exact) mass is 308 g/mol. The Kier molecular flexibility index (Phi) is 4.65. The second kappa shape index (κ2) is 6.45. The molecular weight excluding hydrogens is 299 g/mol. The average molecular weight is 309 g/mol. The Bertz CT molecular complexity index is 663. The van der Waals surface area contributed by atoms with Crippen molar-refractivity contribution >= 4 is 40.5 Å². The molecule has 0 atom stereocenters. The van der Waals surface area contributed by atoms with Gasteiger partial charge in [-0.05, 0) is 48.6 Å². The van der Waals surface area contributed by atoms with Crippen LogP contribution in [0.1, 0.15) is 10.4 Å². The third-order valence-electron chi connectivity index (χ3n) is 2.40. The standard InChI is InChI=1S/C14H10ClFN2OS/c15-10-4-2-6-12(8-10)17-14(20)18-13(19)9-3-1-5-11(16)7-9/h1-8H,(H2,17,18,19,20). The van der Waals surface area contributed by atoms with Crippen LogP contribution in [0.4, 0.5) is 10.1 Å². The SMILES string of the molecule is O=C(NC(=S)Nc1cccc(Cl)c1)c1cccc(F)c1. The van der Waals surface area contributed by atoms with Crippen molar-refractivity contribution in [3.63, 3.8) is 0 Å². The van der Waals surface area contributed by atoms with Crippen molar-refractivity contribution in [1.29, 1.82) is 0 Å². The number of carbonyl (C=O) groups is 1. The van der Waals surface area contributed by atoms with Crippen LogP contribution < -0.4 is 10.6 Å². The molecule has 0 bridgehead atoms. The van der Waals surface area contributed by atoms with Crippen molar-refractivity contribution in [1.82, 2.24) is 5.32 Å². The minimum atomic E-state index is -0.482. The summed E-state index contributed by atoms with van der Waals surface area (Å²) in [6.45, 7) is 0. The molecule has 0 aliphatic carbocycles. The first-order valence-corrected chi connectivity index (χ1v) is 6.47. The first-order valence-electron chi connectivity index (χ1n) is 5.68. The molecule has 2 N–H and O–H groups in total. The normalized spacial score (nSPS) is 9.90.